The van der Waals surface area contributed by atoms with Crippen LogP contribution in [-0.4, -0.2) is 24.8 Å². The molecule has 2 atom stereocenters. The van der Waals surface area contributed by atoms with Gasteiger partial charge in [-0.3, -0.25) is 4.79 Å². The maximum absolute atomic E-state index is 12.0. The Morgan fingerprint density at radius 1 is 1.41 bits per heavy atom. The quantitative estimate of drug-likeness (QED) is 0.758. The minimum Gasteiger partial charge on any atom is -0.348 e. The highest BCUT2D eigenvalue weighted by Crippen LogP contribution is 2.31. The lowest BCUT2D eigenvalue weighted by Gasteiger charge is -2.26. The molecule has 0 spiro atoms. The summed E-state index contributed by atoms with van der Waals surface area (Å²) < 4.78 is 11.2. The van der Waals surface area contributed by atoms with Crippen LogP contribution in [0.3, 0.4) is 0 Å². The van der Waals surface area contributed by atoms with Gasteiger partial charge in [0.25, 0.3) is 0 Å². The van der Waals surface area contributed by atoms with Gasteiger partial charge in [0.15, 0.2) is 11.6 Å². The molecule has 0 N–H and O–H groups in total. The van der Waals surface area contributed by atoms with Gasteiger partial charge in [-0.25, -0.2) is 0 Å². The van der Waals surface area contributed by atoms with Crippen LogP contribution in [0.4, 0.5) is 0 Å². The van der Waals surface area contributed by atoms with Crippen LogP contribution < -0.4 is 0 Å². The van der Waals surface area contributed by atoms with Gasteiger partial charge >= 0.3 is 0 Å². The molecule has 1 aliphatic carbocycles. The van der Waals surface area contributed by atoms with E-state index in [0.717, 1.165) is 25.7 Å². The molecule has 1 heterocycles. The molecule has 0 bridgehead atoms. The number of carbonyl (C=O) groups excluding carboxylic acids is 1. The molecule has 0 saturated carbocycles. The first-order valence-corrected chi connectivity index (χ1v) is 6.59. The minimum atomic E-state index is -0.462. The fourth-order valence-corrected chi connectivity index (χ4v) is 2.71. The first-order valence-electron chi connectivity index (χ1n) is 6.59. The Balaban J connectivity index is 1.92. The van der Waals surface area contributed by atoms with Crippen molar-refractivity contribution >= 4 is 5.78 Å². The Hall–Kier alpha value is -0.670. The minimum absolute atomic E-state index is 0.137. The van der Waals surface area contributed by atoms with Gasteiger partial charge in [-0.15, -0.1) is 0 Å². The summed E-state index contributed by atoms with van der Waals surface area (Å²) in [5, 5.41) is 0. The Morgan fingerprint density at radius 3 is 2.82 bits per heavy atom. The number of hydrogen-bond acceptors (Lipinski definition) is 3. The summed E-state index contributed by atoms with van der Waals surface area (Å²) in [5.74, 6) is 0.410. The van der Waals surface area contributed by atoms with E-state index in [1.54, 1.807) is 6.08 Å². The van der Waals surface area contributed by atoms with E-state index in [0.29, 0.717) is 19.1 Å². The summed E-state index contributed by atoms with van der Waals surface area (Å²) in [5.41, 5.74) is 0. The zero-order valence-corrected chi connectivity index (χ0v) is 10.8. The second kappa shape index (κ2) is 5.32. The fourth-order valence-electron chi connectivity index (χ4n) is 2.71. The van der Waals surface area contributed by atoms with Gasteiger partial charge < -0.3 is 9.47 Å². The molecule has 17 heavy (non-hydrogen) atoms. The molecule has 0 aromatic rings. The zero-order chi connectivity index (χ0) is 12.3. The first kappa shape index (κ1) is 12.8. The molecule has 2 rings (SSSR count). The lowest BCUT2D eigenvalue weighted by molar-refractivity contribution is -0.150. The van der Waals surface area contributed by atoms with Gasteiger partial charge in [0.2, 0.25) is 0 Å². The number of carbonyl (C=O) groups is 1. The van der Waals surface area contributed by atoms with Crippen LogP contribution in [0.2, 0.25) is 0 Å². The molecule has 1 fully saturated rings. The SMILES string of the molecule is C[C@H]1CCC=CC(=O)[C@H]1CCC1(C)OCCO1. The molecule has 0 amide bonds. The maximum atomic E-state index is 12.0. The predicted octanol–water partition coefficient (Wildman–Crippen LogP) is 2.70. The summed E-state index contributed by atoms with van der Waals surface area (Å²) in [4.78, 5) is 12.0. The van der Waals surface area contributed by atoms with E-state index in [1.807, 2.05) is 13.0 Å². The van der Waals surface area contributed by atoms with Crippen LogP contribution in [0.25, 0.3) is 0 Å². The van der Waals surface area contributed by atoms with E-state index in [1.165, 1.54) is 0 Å². The number of rotatable bonds is 3. The molecule has 3 nitrogen and oxygen atoms in total. The zero-order valence-electron chi connectivity index (χ0n) is 10.8. The molecule has 2 aliphatic rings. The smallest absolute Gasteiger partial charge is 0.165 e. The highest BCUT2D eigenvalue weighted by atomic mass is 16.7. The summed E-state index contributed by atoms with van der Waals surface area (Å²) in [6, 6.07) is 0. The average molecular weight is 238 g/mol. The van der Waals surface area contributed by atoms with Gasteiger partial charge in [-0.1, -0.05) is 13.0 Å². The summed E-state index contributed by atoms with van der Waals surface area (Å²) in [6.07, 6.45) is 7.55. The second-order valence-corrected chi connectivity index (χ2v) is 5.34. The third-order valence-corrected chi connectivity index (χ3v) is 3.93. The molecule has 0 unspecified atom stereocenters. The Kier molecular flexibility index (Phi) is 4.00. The molecule has 0 aromatic heterocycles. The van der Waals surface area contributed by atoms with E-state index in [2.05, 4.69) is 6.92 Å². The molecule has 0 aromatic carbocycles. The third-order valence-electron chi connectivity index (χ3n) is 3.93. The third kappa shape index (κ3) is 3.17. The average Bonchev–Trinajstić information content (AvgIpc) is 2.65. The van der Waals surface area contributed by atoms with Crippen molar-refractivity contribution in [2.45, 2.75) is 45.3 Å². The van der Waals surface area contributed by atoms with Crippen molar-refractivity contribution in [2.24, 2.45) is 11.8 Å². The number of ether oxygens (including phenoxy) is 2. The van der Waals surface area contributed by atoms with E-state index in [4.69, 9.17) is 9.47 Å². The maximum Gasteiger partial charge on any atom is 0.165 e. The molecule has 0 radical (unpaired) electrons. The van der Waals surface area contributed by atoms with E-state index >= 15 is 0 Å². The van der Waals surface area contributed by atoms with Crippen LogP contribution in [0, 0.1) is 11.8 Å². The highest BCUT2D eigenvalue weighted by Gasteiger charge is 2.33. The van der Waals surface area contributed by atoms with E-state index in [-0.39, 0.29) is 11.7 Å². The van der Waals surface area contributed by atoms with Gasteiger partial charge in [0, 0.05) is 12.3 Å². The Morgan fingerprint density at radius 2 is 2.12 bits per heavy atom. The molecule has 3 heteroatoms. The van der Waals surface area contributed by atoms with Crippen molar-refractivity contribution in [3.63, 3.8) is 0 Å². The standard InChI is InChI=1S/C14H22O3/c1-11-5-3-4-6-13(15)12(11)7-8-14(2)16-9-10-17-14/h4,6,11-12H,3,5,7-10H2,1-2H3/t11-,12-/m0/s1. The molecule has 1 saturated heterocycles. The van der Waals surface area contributed by atoms with Crippen LogP contribution in [0.15, 0.2) is 12.2 Å². The number of allylic oxidation sites excluding steroid dienone is 2. The van der Waals surface area contributed by atoms with Crippen molar-refractivity contribution in [1.82, 2.24) is 0 Å². The molecular weight excluding hydrogens is 216 g/mol. The van der Waals surface area contributed by atoms with Crippen molar-refractivity contribution in [3.8, 4) is 0 Å². The molecule has 1 aliphatic heterocycles. The lowest BCUT2D eigenvalue weighted by atomic mass is 9.84. The van der Waals surface area contributed by atoms with Crippen molar-refractivity contribution in [3.05, 3.63) is 12.2 Å². The predicted molar refractivity (Wildman–Crippen MR) is 65.6 cm³/mol. The topological polar surface area (TPSA) is 35.5 Å². The van der Waals surface area contributed by atoms with Crippen LogP contribution in [0.5, 0.6) is 0 Å². The Labute approximate surface area is 103 Å². The monoisotopic (exact) mass is 238 g/mol. The van der Waals surface area contributed by atoms with Crippen LogP contribution >= 0.6 is 0 Å². The summed E-state index contributed by atoms with van der Waals surface area (Å²) in [7, 11) is 0. The summed E-state index contributed by atoms with van der Waals surface area (Å²) in [6.45, 7) is 5.49. The second-order valence-electron chi connectivity index (χ2n) is 5.34. The van der Waals surface area contributed by atoms with Crippen molar-refractivity contribution < 1.29 is 14.3 Å². The largest absolute Gasteiger partial charge is 0.348 e. The van der Waals surface area contributed by atoms with Crippen LogP contribution in [-0.2, 0) is 14.3 Å². The first-order chi connectivity index (χ1) is 8.11. The number of hydrogen-bond donors (Lipinski definition) is 0. The van der Waals surface area contributed by atoms with Crippen molar-refractivity contribution in [2.75, 3.05) is 13.2 Å². The van der Waals surface area contributed by atoms with Crippen LogP contribution in [0.1, 0.15) is 39.5 Å². The van der Waals surface area contributed by atoms with Gasteiger partial charge in [-0.2, -0.15) is 0 Å². The fraction of sp³-hybridized carbons (Fsp3) is 0.786. The molecular formula is C14H22O3. The lowest BCUT2D eigenvalue weighted by Crippen LogP contribution is -2.29. The summed E-state index contributed by atoms with van der Waals surface area (Å²) >= 11 is 0. The molecule has 96 valence electrons. The van der Waals surface area contributed by atoms with Gasteiger partial charge in [0.05, 0.1) is 13.2 Å². The highest BCUT2D eigenvalue weighted by molar-refractivity contribution is 5.92. The van der Waals surface area contributed by atoms with E-state index in [9.17, 15) is 4.79 Å². The van der Waals surface area contributed by atoms with Gasteiger partial charge in [-0.05, 0) is 38.2 Å². The Bertz CT molecular complexity index is 303. The normalized spacial score (nSPS) is 32.7. The van der Waals surface area contributed by atoms with Crippen molar-refractivity contribution in [1.29, 1.82) is 0 Å². The van der Waals surface area contributed by atoms with Gasteiger partial charge in [0.1, 0.15) is 0 Å². The number of ketones is 1. The van der Waals surface area contributed by atoms with E-state index < -0.39 is 5.79 Å².